The van der Waals surface area contributed by atoms with Gasteiger partial charge in [-0.15, -0.1) is 0 Å². The molecule has 1 atom stereocenters. The summed E-state index contributed by atoms with van der Waals surface area (Å²) in [6, 6.07) is 11.2. The van der Waals surface area contributed by atoms with Crippen molar-refractivity contribution in [2.75, 3.05) is 13.7 Å². The molecule has 106 valence electrons. The molecule has 1 unspecified atom stereocenters. The van der Waals surface area contributed by atoms with E-state index >= 15 is 0 Å². The number of aliphatic hydroxyl groups is 1. The van der Waals surface area contributed by atoms with Crippen LogP contribution in [0.4, 0.5) is 0 Å². The van der Waals surface area contributed by atoms with Crippen molar-refractivity contribution in [1.29, 1.82) is 0 Å². The number of hydrogen-bond acceptors (Lipinski definition) is 3. The molecule has 1 aromatic heterocycles. The molecule has 0 aliphatic rings. The van der Waals surface area contributed by atoms with Crippen molar-refractivity contribution in [2.45, 2.75) is 19.9 Å². The van der Waals surface area contributed by atoms with Gasteiger partial charge in [-0.1, -0.05) is 18.2 Å². The summed E-state index contributed by atoms with van der Waals surface area (Å²) in [6.07, 6.45) is 0. The SMILES string of the molecule is Cc1cc(C(=O)N(C)C(C)CO)nn1-c1ccccc1. The molecule has 1 heterocycles. The van der Waals surface area contributed by atoms with E-state index in [2.05, 4.69) is 5.10 Å². The van der Waals surface area contributed by atoms with E-state index in [4.69, 9.17) is 5.11 Å². The molecule has 1 aromatic carbocycles. The van der Waals surface area contributed by atoms with E-state index in [1.165, 1.54) is 4.90 Å². The number of amides is 1. The number of carbonyl (C=O) groups excluding carboxylic acids is 1. The van der Waals surface area contributed by atoms with Crippen molar-refractivity contribution in [2.24, 2.45) is 0 Å². The summed E-state index contributed by atoms with van der Waals surface area (Å²) >= 11 is 0. The molecule has 2 rings (SSSR count). The predicted octanol–water partition coefficient (Wildman–Crippen LogP) is 1.63. The number of para-hydroxylation sites is 1. The third-order valence-corrected chi connectivity index (χ3v) is 3.35. The quantitative estimate of drug-likeness (QED) is 0.921. The van der Waals surface area contributed by atoms with E-state index in [9.17, 15) is 4.79 Å². The molecule has 20 heavy (non-hydrogen) atoms. The lowest BCUT2D eigenvalue weighted by Crippen LogP contribution is -2.37. The maximum absolute atomic E-state index is 12.3. The number of aryl methyl sites for hydroxylation is 1. The smallest absolute Gasteiger partial charge is 0.274 e. The van der Waals surface area contributed by atoms with Crippen LogP contribution >= 0.6 is 0 Å². The number of benzene rings is 1. The van der Waals surface area contributed by atoms with Gasteiger partial charge in [-0.3, -0.25) is 4.79 Å². The summed E-state index contributed by atoms with van der Waals surface area (Å²) in [5, 5.41) is 13.5. The molecule has 1 N–H and O–H groups in total. The number of likely N-dealkylation sites (N-methyl/N-ethyl adjacent to an activating group) is 1. The highest BCUT2D eigenvalue weighted by Crippen LogP contribution is 2.13. The Morgan fingerprint density at radius 1 is 1.40 bits per heavy atom. The molecule has 1 amide bonds. The topological polar surface area (TPSA) is 58.4 Å². The molecule has 5 heteroatoms. The third-order valence-electron chi connectivity index (χ3n) is 3.35. The summed E-state index contributed by atoms with van der Waals surface area (Å²) in [7, 11) is 1.67. The minimum absolute atomic E-state index is 0.0688. The van der Waals surface area contributed by atoms with Gasteiger partial charge in [0.1, 0.15) is 0 Å². The van der Waals surface area contributed by atoms with Crippen LogP contribution in [0.3, 0.4) is 0 Å². The standard InChI is InChI=1S/C15H19N3O2/c1-11-9-14(15(20)17(3)12(2)10-19)16-18(11)13-7-5-4-6-8-13/h4-9,12,19H,10H2,1-3H3. The van der Waals surface area contributed by atoms with Crippen LogP contribution in [0.25, 0.3) is 5.69 Å². The Bertz CT molecular complexity index is 592. The summed E-state index contributed by atoms with van der Waals surface area (Å²) in [6.45, 7) is 3.63. The molecule has 0 aliphatic carbocycles. The van der Waals surface area contributed by atoms with Gasteiger partial charge in [0.2, 0.25) is 0 Å². The monoisotopic (exact) mass is 273 g/mol. The van der Waals surface area contributed by atoms with Crippen molar-refractivity contribution in [3.8, 4) is 5.69 Å². The van der Waals surface area contributed by atoms with Crippen LogP contribution in [-0.2, 0) is 0 Å². The number of carbonyl (C=O) groups is 1. The number of aliphatic hydroxyl groups excluding tert-OH is 1. The van der Waals surface area contributed by atoms with Crippen LogP contribution in [0.2, 0.25) is 0 Å². The second-order valence-corrected chi connectivity index (χ2v) is 4.87. The Balaban J connectivity index is 2.30. The highest BCUT2D eigenvalue weighted by atomic mass is 16.3. The van der Waals surface area contributed by atoms with Gasteiger partial charge < -0.3 is 10.0 Å². The van der Waals surface area contributed by atoms with E-state index in [-0.39, 0.29) is 18.6 Å². The number of nitrogens with zero attached hydrogens (tertiary/aromatic N) is 3. The fraction of sp³-hybridized carbons (Fsp3) is 0.333. The molecule has 0 saturated carbocycles. The zero-order chi connectivity index (χ0) is 14.7. The summed E-state index contributed by atoms with van der Waals surface area (Å²) < 4.78 is 1.74. The van der Waals surface area contributed by atoms with E-state index < -0.39 is 0 Å². The maximum Gasteiger partial charge on any atom is 0.274 e. The second-order valence-electron chi connectivity index (χ2n) is 4.87. The number of aromatic nitrogens is 2. The van der Waals surface area contributed by atoms with Crippen LogP contribution in [0.5, 0.6) is 0 Å². The molecule has 0 spiro atoms. The van der Waals surface area contributed by atoms with Crippen LogP contribution in [-0.4, -0.2) is 45.4 Å². The molecule has 0 radical (unpaired) electrons. The predicted molar refractivity (Wildman–Crippen MR) is 76.9 cm³/mol. The zero-order valence-electron chi connectivity index (χ0n) is 11.9. The second kappa shape index (κ2) is 5.88. The van der Waals surface area contributed by atoms with Crippen molar-refractivity contribution >= 4 is 5.91 Å². The largest absolute Gasteiger partial charge is 0.394 e. The van der Waals surface area contributed by atoms with Gasteiger partial charge in [-0.25, -0.2) is 4.68 Å². The van der Waals surface area contributed by atoms with Crippen molar-refractivity contribution < 1.29 is 9.90 Å². The third kappa shape index (κ3) is 2.72. The van der Waals surface area contributed by atoms with E-state index in [1.807, 2.05) is 37.3 Å². The Labute approximate surface area is 118 Å². The highest BCUT2D eigenvalue weighted by molar-refractivity contribution is 5.92. The lowest BCUT2D eigenvalue weighted by atomic mass is 10.2. The summed E-state index contributed by atoms with van der Waals surface area (Å²) in [5.74, 6) is -0.190. The van der Waals surface area contributed by atoms with Gasteiger partial charge >= 0.3 is 0 Å². The summed E-state index contributed by atoms with van der Waals surface area (Å²) in [4.78, 5) is 13.8. The van der Waals surface area contributed by atoms with Gasteiger partial charge in [-0.05, 0) is 32.0 Å². The molecular weight excluding hydrogens is 254 g/mol. The molecule has 0 aliphatic heterocycles. The van der Waals surface area contributed by atoms with Crippen LogP contribution < -0.4 is 0 Å². The fourth-order valence-electron chi connectivity index (χ4n) is 1.91. The van der Waals surface area contributed by atoms with Crippen molar-refractivity contribution in [1.82, 2.24) is 14.7 Å². The van der Waals surface area contributed by atoms with E-state index in [0.29, 0.717) is 5.69 Å². The Kier molecular flexibility index (Phi) is 4.20. The minimum Gasteiger partial charge on any atom is -0.394 e. The lowest BCUT2D eigenvalue weighted by Gasteiger charge is -2.21. The van der Waals surface area contributed by atoms with Crippen LogP contribution in [0.1, 0.15) is 23.1 Å². The van der Waals surface area contributed by atoms with Gasteiger partial charge in [0.25, 0.3) is 5.91 Å². The average Bonchev–Trinajstić information content (AvgIpc) is 2.87. The first-order valence-electron chi connectivity index (χ1n) is 6.54. The fourth-order valence-corrected chi connectivity index (χ4v) is 1.91. The molecule has 0 fully saturated rings. The number of rotatable bonds is 4. The van der Waals surface area contributed by atoms with E-state index in [0.717, 1.165) is 11.4 Å². The van der Waals surface area contributed by atoms with Crippen molar-refractivity contribution in [3.05, 3.63) is 47.8 Å². The Hall–Kier alpha value is -2.14. The summed E-state index contributed by atoms with van der Waals surface area (Å²) in [5.41, 5.74) is 2.20. The molecule has 5 nitrogen and oxygen atoms in total. The van der Waals surface area contributed by atoms with Gasteiger partial charge in [0, 0.05) is 12.7 Å². The van der Waals surface area contributed by atoms with Gasteiger partial charge in [0.05, 0.1) is 18.3 Å². The Morgan fingerprint density at radius 2 is 2.05 bits per heavy atom. The van der Waals surface area contributed by atoms with Gasteiger partial charge in [0.15, 0.2) is 5.69 Å². The van der Waals surface area contributed by atoms with Crippen molar-refractivity contribution in [3.63, 3.8) is 0 Å². The van der Waals surface area contributed by atoms with Crippen LogP contribution in [0.15, 0.2) is 36.4 Å². The normalized spacial score (nSPS) is 12.2. The minimum atomic E-state index is -0.232. The Morgan fingerprint density at radius 3 is 2.65 bits per heavy atom. The first-order chi connectivity index (χ1) is 9.54. The molecule has 2 aromatic rings. The highest BCUT2D eigenvalue weighted by Gasteiger charge is 2.20. The average molecular weight is 273 g/mol. The first-order valence-corrected chi connectivity index (χ1v) is 6.54. The maximum atomic E-state index is 12.3. The zero-order valence-corrected chi connectivity index (χ0v) is 11.9. The van der Waals surface area contributed by atoms with E-state index in [1.54, 1.807) is 24.7 Å². The molecular formula is C15H19N3O2. The first kappa shape index (κ1) is 14.3. The molecule has 0 bridgehead atoms. The lowest BCUT2D eigenvalue weighted by molar-refractivity contribution is 0.0676. The molecule has 0 saturated heterocycles. The van der Waals surface area contributed by atoms with Gasteiger partial charge in [-0.2, -0.15) is 5.10 Å². The van der Waals surface area contributed by atoms with Crippen LogP contribution in [0, 0.1) is 6.92 Å². The number of hydrogen-bond donors (Lipinski definition) is 1.